The number of benzene rings is 2. The van der Waals surface area contributed by atoms with E-state index in [0.717, 1.165) is 6.08 Å². The van der Waals surface area contributed by atoms with Crippen LogP contribution in [0.3, 0.4) is 0 Å². The topological polar surface area (TPSA) is 58.2 Å². The Morgan fingerprint density at radius 1 is 0.971 bits per heavy atom. The van der Waals surface area contributed by atoms with E-state index in [1.807, 2.05) is 0 Å². The van der Waals surface area contributed by atoms with Gasteiger partial charge in [0.25, 0.3) is 5.91 Å². The number of nitrogens with one attached hydrogen (secondary N) is 2. The molecule has 13 heteroatoms. The second-order valence-electron chi connectivity index (χ2n) is 7.35. The Morgan fingerprint density at radius 3 is 2.09 bits per heavy atom. The molecular weight excluding hydrogens is 678 g/mol. The van der Waals surface area contributed by atoms with Gasteiger partial charge in [-0.05, 0) is 64.3 Å². The maximum absolute atomic E-state index is 13.7. The molecule has 0 radical (unpaired) electrons. The number of hydrogen-bond donors (Lipinski definition) is 2. The summed E-state index contributed by atoms with van der Waals surface area (Å²) in [5, 5.41) is 3.94. The highest BCUT2D eigenvalue weighted by Crippen LogP contribution is 2.38. The van der Waals surface area contributed by atoms with E-state index in [-0.39, 0.29) is 15.6 Å². The molecule has 0 aromatic heterocycles. The Balaban J connectivity index is 2.16. The lowest BCUT2D eigenvalue weighted by Crippen LogP contribution is -2.47. The average Bonchev–Trinajstić information content (AvgIpc) is 2.69. The number of carbonyl (C=O) groups excluding carboxylic acids is 2. The third-order valence-electron chi connectivity index (χ3n) is 4.52. The SMILES string of the molecule is C[C@@H](NC(=O)c1ccc(/C=C/C(c2cc(Br)cc(Br)c2)C(F)(F)F)cc1Br)C(=O)NCC(F)(F)F. The summed E-state index contributed by atoms with van der Waals surface area (Å²) in [7, 11) is 0. The van der Waals surface area contributed by atoms with Crippen molar-refractivity contribution in [1.29, 1.82) is 0 Å². The molecule has 2 aromatic carbocycles. The van der Waals surface area contributed by atoms with Crippen molar-refractivity contribution in [2.24, 2.45) is 0 Å². The fourth-order valence-corrected chi connectivity index (χ4v) is 4.78. The maximum atomic E-state index is 13.7. The lowest BCUT2D eigenvalue weighted by Gasteiger charge is -2.18. The predicted octanol–water partition coefficient (Wildman–Crippen LogP) is 7.13. The molecular formula is C22H17Br3F6N2O2. The molecule has 4 nitrogen and oxygen atoms in total. The van der Waals surface area contributed by atoms with Crippen LogP contribution < -0.4 is 10.6 Å². The summed E-state index contributed by atoms with van der Waals surface area (Å²) in [5.41, 5.74) is 0.413. The van der Waals surface area contributed by atoms with Gasteiger partial charge in [0.05, 0.1) is 11.5 Å². The van der Waals surface area contributed by atoms with Gasteiger partial charge in [-0.3, -0.25) is 9.59 Å². The van der Waals surface area contributed by atoms with Crippen molar-refractivity contribution < 1.29 is 35.9 Å². The van der Waals surface area contributed by atoms with Gasteiger partial charge in [0.15, 0.2) is 0 Å². The molecule has 0 heterocycles. The Morgan fingerprint density at radius 2 is 1.57 bits per heavy atom. The fourth-order valence-electron chi connectivity index (χ4n) is 2.87. The lowest BCUT2D eigenvalue weighted by molar-refractivity contribution is -0.139. The van der Waals surface area contributed by atoms with Crippen LogP contribution in [0.2, 0.25) is 0 Å². The van der Waals surface area contributed by atoms with Crippen LogP contribution in [0.5, 0.6) is 0 Å². The molecule has 35 heavy (non-hydrogen) atoms. The van der Waals surface area contributed by atoms with Gasteiger partial charge < -0.3 is 10.6 Å². The molecule has 0 spiro atoms. The van der Waals surface area contributed by atoms with Crippen LogP contribution in [0.4, 0.5) is 26.3 Å². The third kappa shape index (κ3) is 9.26. The molecule has 0 fully saturated rings. The first kappa shape index (κ1) is 29.4. The molecule has 1 unspecified atom stereocenters. The van der Waals surface area contributed by atoms with Crippen LogP contribution in [0, 0.1) is 0 Å². The molecule has 2 amide bonds. The Hall–Kier alpha value is -1.86. The highest BCUT2D eigenvalue weighted by molar-refractivity contribution is 9.11. The average molecular weight is 695 g/mol. The Kier molecular flexibility index (Phi) is 10.0. The van der Waals surface area contributed by atoms with E-state index < -0.39 is 42.7 Å². The number of carbonyl (C=O) groups is 2. The van der Waals surface area contributed by atoms with Gasteiger partial charge in [-0.25, -0.2) is 0 Å². The van der Waals surface area contributed by atoms with Crippen molar-refractivity contribution in [3.05, 3.63) is 72.6 Å². The molecule has 2 N–H and O–H groups in total. The highest BCUT2D eigenvalue weighted by atomic mass is 79.9. The van der Waals surface area contributed by atoms with E-state index in [1.165, 1.54) is 43.3 Å². The predicted molar refractivity (Wildman–Crippen MR) is 130 cm³/mol. The lowest BCUT2D eigenvalue weighted by atomic mass is 9.97. The highest BCUT2D eigenvalue weighted by Gasteiger charge is 2.39. The summed E-state index contributed by atoms with van der Waals surface area (Å²) in [5.74, 6) is -3.67. The van der Waals surface area contributed by atoms with Crippen molar-refractivity contribution in [3.63, 3.8) is 0 Å². The van der Waals surface area contributed by atoms with E-state index in [0.29, 0.717) is 14.5 Å². The second kappa shape index (κ2) is 11.9. The van der Waals surface area contributed by atoms with Gasteiger partial charge in [-0.2, -0.15) is 26.3 Å². The Bertz CT molecular complexity index is 1100. The normalized spacial score (nSPS) is 14.0. The van der Waals surface area contributed by atoms with Gasteiger partial charge in [0.1, 0.15) is 12.6 Å². The van der Waals surface area contributed by atoms with E-state index in [4.69, 9.17) is 0 Å². The maximum Gasteiger partial charge on any atom is 0.405 e. The molecule has 190 valence electrons. The second-order valence-corrected chi connectivity index (χ2v) is 10.0. The van der Waals surface area contributed by atoms with Crippen molar-refractivity contribution >= 4 is 65.7 Å². The van der Waals surface area contributed by atoms with Gasteiger partial charge in [0.2, 0.25) is 5.91 Å². The summed E-state index contributed by atoms with van der Waals surface area (Å²) in [4.78, 5) is 24.2. The summed E-state index contributed by atoms with van der Waals surface area (Å²) in [6.07, 6.45) is -6.91. The van der Waals surface area contributed by atoms with Crippen molar-refractivity contribution in [3.8, 4) is 0 Å². The molecule has 0 aliphatic carbocycles. The quantitative estimate of drug-likeness (QED) is 0.303. The minimum atomic E-state index is -4.59. The largest absolute Gasteiger partial charge is 0.405 e. The fraction of sp³-hybridized carbons (Fsp3) is 0.273. The van der Waals surface area contributed by atoms with E-state index in [2.05, 4.69) is 53.1 Å². The first-order valence-corrected chi connectivity index (χ1v) is 12.1. The van der Waals surface area contributed by atoms with Crippen LogP contribution in [0.25, 0.3) is 6.08 Å². The van der Waals surface area contributed by atoms with Gasteiger partial charge >= 0.3 is 12.4 Å². The molecule has 0 aliphatic rings. The van der Waals surface area contributed by atoms with Gasteiger partial charge in [-0.15, -0.1) is 0 Å². The number of hydrogen-bond acceptors (Lipinski definition) is 2. The van der Waals surface area contributed by atoms with E-state index >= 15 is 0 Å². The van der Waals surface area contributed by atoms with Crippen molar-refractivity contribution in [1.82, 2.24) is 10.6 Å². The van der Waals surface area contributed by atoms with Crippen LogP contribution in [-0.4, -0.2) is 36.8 Å². The van der Waals surface area contributed by atoms with E-state index in [1.54, 1.807) is 11.4 Å². The van der Waals surface area contributed by atoms with E-state index in [9.17, 15) is 35.9 Å². The first-order valence-electron chi connectivity index (χ1n) is 9.72. The smallest absolute Gasteiger partial charge is 0.345 e. The number of alkyl halides is 6. The third-order valence-corrected chi connectivity index (χ3v) is 6.09. The minimum absolute atomic E-state index is 0.0165. The standard InChI is InChI=1S/C22H17Br3F6N2O2/c1-11(19(34)32-10-21(26,27)28)33-20(35)16-4-2-12(6-18(16)25)3-5-17(22(29,30)31)13-7-14(23)9-15(24)8-13/h2-9,11,17H,10H2,1H3,(H,32,34)(H,33,35)/b5-3+/t11-,17?/m1/s1. The zero-order valence-electron chi connectivity index (χ0n) is 17.7. The van der Waals surface area contributed by atoms with Gasteiger partial charge in [-0.1, -0.05) is 50.1 Å². The first-order chi connectivity index (χ1) is 16.1. The molecule has 2 atom stereocenters. The molecule has 2 rings (SSSR count). The summed E-state index contributed by atoms with van der Waals surface area (Å²) >= 11 is 9.52. The van der Waals surface area contributed by atoms with Crippen molar-refractivity contribution in [2.45, 2.75) is 31.2 Å². The van der Waals surface area contributed by atoms with Crippen molar-refractivity contribution in [2.75, 3.05) is 6.54 Å². The molecule has 0 aliphatic heterocycles. The number of halogens is 9. The minimum Gasteiger partial charge on any atom is -0.345 e. The zero-order chi connectivity index (χ0) is 26.6. The zero-order valence-corrected chi connectivity index (χ0v) is 22.5. The summed E-state index contributed by atoms with van der Waals surface area (Å²) in [6, 6.07) is 7.21. The number of amides is 2. The number of rotatable bonds is 7. The number of allylic oxidation sites excluding steroid dienone is 1. The summed E-state index contributed by atoms with van der Waals surface area (Å²) in [6.45, 7) is -0.321. The van der Waals surface area contributed by atoms with Crippen LogP contribution in [0.1, 0.15) is 34.3 Å². The van der Waals surface area contributed by atoms with Crippen LogP contribution >= 0.6 is 47.8 Å². The summed E-state index contributed by atoms with van der Waals surface area (Å²) < 4.78 is 78.9. The Labute approximate surface area is 221 Å². The molecule has 0 saturated carbocycles. The molecule has 0 bridgehead atoms. The van der Waals surface area contributed by atoms with Crippen LogP contribution in [0.15, 0.2) is 55.9 Å². The molecule has 0 saturated heterocycles. The van der Waals surface area contributed by atoms with Gasteiger partial charge in [0, 0.05) is 13.4 Å². The molecule has 2 aromatic rings. The monoisotopic (exact) mass is 692 g/mol. The van der Waals surface area contributed by atoms with Crippen LogP contribution in [-0.2, 0) is 4.79 Å².